The van der Waals surface area contributed by atoms with Gasteiger partial charge in [-0.3, -0.25) is 4.79 Å². The summed E-state index contributed by atoms with van der Waals surface area (Å²) in [6.07, 6.45) is 1.17. The quantitative estimate of drug-likeness (QED) is 0.630. The number of Topliss-reactive ketones (excluding diaryl/α,β-unsaturated/α-hetero) is 1. The molecule has 0 N–H and O–H groups in total. The Morgan fingerprint density at radius 2 is 1.71 bits per heavy atom. The molecule has 0 radical (unpaired) electrons. The molecule has 0 spiro atoms. The van der Waals surface area contributed by atoms with Gasteiger partial charge in [0, 0.05) is 24.4 Å². The maximum atomic E-state index is 13.6. The van der Waals surface area contributed by atoms with Gasteiger partial charge in [0.1, 0.15) is 4.91 Å². The summed E-state index contributed by atoms with van der Waals surface area (Å²) >= 11 is 0. The second-order valence-electron chi connectivity index (χ2n) is 5.21. The number of sulfone groups is 1. The lowest BCUT2D eigenvalue weighted by Crippen LogP contribution is -2.28. The fraction of sp³-hybridized carbons (Fsp3) is 0.118. The number of carbonyl (C=O) groups excluding carboxylic acids is 1. The van der Waals surface area contributed by atoms with Gasteiger partial charge in [0.15, 0.2) is 11.6 Å². The average molecular weight is 349 g/mol. The minimum Gasteiger partial charge on any atom is -0.346 e. The van der Waals surface area contributed by atoms with Crippen LogP contribution in [0, 0.1) is 11.6 Å². The summed E-state index contributed by atoms with van der Waals surface area (Å²) < 4.78 is 52.6. The van der Waals surface area contributed by atoms with Crippen molar-refractivity contribution in [1.82, 2.24) is 0 Å². The summed E-state index contributed by atoms with van der Waals surface area (Å²) in [6, 6.07) is 9.37. The van der Waals surface area contributed by atoms with Crippen LogP contribution < -0.4 is 4.90 Å². The summed E-state index contributed by atoms with van der Waals surface area (Å²) in [6.45, 7) is 2.00. The average Bonchev–Trinajstić information content (AvgIpc) is 2.57. The van der Waals surface area contributed by atoms with Gasteiger partial charge in [-0.2, -0.15) is 0 Å². The third kappa shape index (κ3) is 2.50. The Bertz CT molecular complexity index is 953. The molecule has 7 heteroatoms. The van der Waals surface area contributed by atoms with Crippen LogP contribution in [-0.4, -0.2) is 20.7 Å². The van der Waals surface area contributed by atoms with E-state index in [2.05, 4.69) is 0 Å². The maximum absolute atomic E-state index is 13.6. The summed E-state index contributed by atoms with van der Waals surface area (Å²) in [5, 5.41) is 0. The van der Waals surface area contributed by atoms with Gasteiger partial charge in [-0.05, 0) is 13.0 Å². The highest BCUT2D eigenvalue weighted by molar-refractivity contribution is 7.96. The van der Waals surface area contributed by atoms with Gasteiger partial charge in [0.05, 0.1) is 10.6 Å². The zero-order chi connectivity index (χ0) is 17.5. The molecule has 0 aromatic heterocycles. The molecule has 124 valence electrons. The molecule has 3 rings (SSSR count). The highest BCUT2D eigenvalue weighted by atomic mass is 32.2. The fourth-order valence-electron chi connectivity index (χ4n) is 2.53. The summed E-state index contributed by atoms with van der Waals surface area (Å²) in [5.74, 6) is -3.11. The number of fused-ring (bicyclic) bond motifs is 1. The topological polar surface area (TPSA) is 54.5 Å². The number of hydrogen-bond donors (Lipinski definition) is 0. The molecule has 0 atom stereocenters. The Kier molecular flexibility index (Phi) is 3.96. The van der Waals surface area contributed by atoms with Crippen molar-refractivity contribution in [2.75, 3.05) is 11.4 Å². The number of hydrogen-bond acceptors (Lipinski definition) is 4. The van der Waals surface area contributed by atoms with Crippen molar-refractivity contribution in [3.63, 3.8) is 0 Å². The Balaban J connectivity index is 2.21. The smallest absolute Gasteiger partial charge is 0.214 e. The van der Waals surface area contributed by atoms with E-state index in [9.17, 15) is 22.0 Å². The summed E-state index contributed by atoms with van der Waals surface area (Å²) in [4.78, 5) is 13.1. The molecule has 1 heterocycles. The van der Waals surface area contributed by atoms with Crippen LogP contribution in [0.25, 0.3) is 0 Å². The van der Waals surface area contributed by atoms with Crippen LogP contribution in [0.4, 0.5) is 14.5 Å². The Labute approximate surface area is 137 Å². The standard InChI is InChI=1S/C17H13F2NO3S/c1-2-20-10-16(17(21)11-6-4-3-5-7-11)24(22,23)15-9-13(19)12(18)8-14(15)20/h3-10H,2H2,1H3. The molecule has 0 fully saturated rings. The minimum atomic E-state index is -4.25. The largest absolute Gasteiger partial charge is 0.346 e. The maximum Gasteiger partial charge on any atom is 0.214 e. The van der Waals surface area contributed by atoms with Gasteiger partial charge in [-0.1, -0.05) is 30.3 Å². The van der Waals surface area contributed by atoms with E-state index in [1.54, 1.807) is 25.1 Å². The highest BCUT2D eigenvalue weighted by Gasteiger charge is 2.36. The van der Waals surface area contributed by atoms with Crippen LogP contribution in [0.1, 0.15) is 17.3 Å². The Morgan fingerprint density at radius 1 is 1.08 bits per heavy atom. The van der Waals surface area contributed by atoms with Gasteiger partial charge in [0.2, 0.25) is 15.6 Å². The lowest BCUT2D eigenvalue weighted by Gasteiger charge is -2.27. The Morgan fingerprint density at radius 3 is 2.33 bits per heavy atom. The molecule has 0 saturated heterocycles. The first-order valence-corrected chi connectivity index (χ1v) is 8.67. The zero-order valence-electron chi connectivity index (χ0n) is 12.7. The predicted molar refractivity (Wildman–Crippen MR) is 85.4 cm³/mol. The zero-order valence-corrected chi connectivity index (χ0v) is 13.5. The summed E-state index contributed by atoms with van der Waals surface area (Å²) in [5.41, 5.74) is 0.218. The molecule has 2 aromatic carbocycles. The van der Waals surface area contributed by atoms with Crippen molar-refractivity contribution >= 4 is 21.3 Å². The first-order chi connectivity index (χ1) is 11.4. The molecule has 0 saturated carbocycles. The van der Waals surface area contributed by atoms with Crippen molar-refractivity contribution in [3.05, 3.63) is 70.8 Å². The number of rotatable bonds is 3. The van der Waals surface area contributed by atoms with Crippen LogP contribution in [0.5, 0.6) is 0 Å². The number of ketones is 1. The van der Waals surface area contributed by atoms with Crippen LogP contribution in [0.15, 0.2) is 58.5 Å². The second-order valence-corrected chi connectivity index (χ2v) is 7.10. The van der Waals surface area contributed by atoms with Crippen molar-refractivity contribution in [2.24, 2.45) is 0 Å². The van der Waals surface area contributed by atoms with Crippen LogP contribution >= 0.6 is 0 Å². The van der Waals surface area contributed by atoms with E-state index in [1.165, 1.54) is 23.2 Å². The predicted octanol–water partition coefficient (Wildman–Crippen LogP) is 3.30. The van der Waals surface area contributed by atoms with Gasteiger partial charge in [0.25, 0.3) is 0 Å². The minimum absolute atomic E-state index is 0.0148. The molecule has 2 aromatic rings. The van der Waals surface area contributed by atoms with E-state index < -0.39 is 37.1 Å². The number of carbonyl (C=O) groups is 1. The van der Waals surface area contributed by atoms with Gasteiger partial charge < -0.3 is 4.90 Å². The van der Waals surface area contributed by atoms with E-state index >= 15 is 0 Å². The molecule has 0 unspecified atom stereocenters. The molecular weight excluding hydrogens is 336 g/mol. The monoisotopic (exact) mass is 349 g/mol. The molecule has 1 aliphatic heterocycles. The SMILES string of the molecule is CCN1C=C(C(=O)c2ccccc2)S(=O)(=O)c2cc(F)c(F)cc21. The van der Waals surface area contributed by atoms with Crippen molar-refractivity contribution in [2.45, 2.75) is 11.8 Å². The van der Waals surface area contributed by atoms with Crippen molar-refractivity contribution in [3.8, 4) is 0 Å². The summed E-state index contributed by atoms with van der Waals surface area (Å²) in [7, 11) is -4.25. The molecular formula is C17H13F2NO3S. The van der Waals surface area contributed by atoms with Gasteiger partial charge in [-0.15, -0.1) is 0 Å². The molecule has 0 aliphatic carbocycles. The molecule has 0 bridgehead atoms. The normalized spacial score (nSPS) is 15.6. The molecule has 0 amide bonds. The number of allylic oxidation sites excluding steroid dienone is 1. The van der Waals surface area contributed by atoms with Crippen LogP contribution in [0.2, 0.25) is 0 Å². The fourth-order valence-corrected chi connectivity index (χ4v) is 4.11. The molecule has 24 heavy (non-hydrogen) atoms. The third-order valence-electron chi connectivity index (χ3n) is 3.76. The lowest BCUT2D eigenvalue weighted by atomic mass is 10.1. The van der Waals surface area contributed by atoms with Crippen molar-refractivity contribution in [1.29, 1.82) is 0 Å². The van der Waals surface area contributed by atoms with Crippen molar-refractivity contribution < 1.29 is 22.0 Å². The molecule has 4 nitrogen and oxygen atoms in total. The second kappa shape index (κ2) is 5.83. The third-order valence-corrected chi connectivity index (χ3v) is 5.54. The highest BCUT2D eigenvalue weighted by Crippen LogP contribution is 2.37. The first kappa shape index (κ1) is 16.3. The number of halogens is 2. The van der Waals surface area contributed by atoms with E-state index in [1.807, 2.05) is 0 Å². The molecule has 1 aliphatic rings. The van der Waals surface area contributed by atoms with E-state index in [-0.39, 0.29) is 11.3 Å². The van der Waals surface area contributed by atoms with E-state index in [0.717, 1.165) is 6.07 Å². The number of nitrogens with zero attached hydrogens (tertiary/aromatic N) is 1. The first-order valence-electron chi connectivity index (χ1n) is 7.18. The van der Waals surface area contributed by atoms with Crippen LogP contribution in [0.3, 0.4) is 0 Å². The van der Waals surface area contributed by atoms with Gasteiger partial charge in [-0.25, -0.2) is 17.2 Å². The number of anilines is 1. The Hall–Kier alpha value is -2.54. The van der Waals surface area contributed by atoms with Crippen LogP contribution in [-0.2, 0) is 9.84 Å². The number of benzene rings is 2. The van der Waals surface area contributed by atoms with Gasteiger partial charge >= 0.3 is 0 Å². The van der Waals surface area contributed by atoms with E-state index in [4.69, 9.17) is 0 Å². The van der Waals surface area contributed by atoms with E-state index in [0.29, 0.717) is 12.6 Å². The lowest BCUT2D eigenvalue weighted by molar-refractivity contribution is 0.104.